The van der Waals surface area contributed by atoms with E-state index in [1.807, 2.05) is 13.8 Å². The lowest BCUT2D eigenvalue weighted by molar-refractivity contribution is -0.117. The van der Waals surface area contributed by atoms with E-state index in [-0.39, 0.29) is 30.0 Å². The van der Waals surface area contributed by atoms with Crippen LogP contribution in [0.25, 0.3) is 0 Å². The van der Waals surface area contributed by atoms with E-state index in [0.717, 1.165) is 0 Å². The first kappa shape index (κ1) is 21.6. The minimum absolute atomic E-state index is 0.0309. The molecule has 1 aromatic rings. The summed E-state index contributed by atoms with van der Waals surface area (Å²) in [7, 11) is 3.33. The Balaban J connectivity index is 0.00000118. The van der Waals surface area contributed by atoms with Crippen LogP contribution in [-0.4, -0.2) is 49.9 Å². The number of amides is 1. The number of carbonyl (C=O) groups is 1. The summed E-state index contributed by atoms with van der Waals surface area (Å²) in [5, 5.41) is 9.65. The number of nitrogens with two attached hydrogens (primary N) is 1. The van der Waals surface area contributed by atoms with Crippen molar-refractivity contribution in [1.82, 2.24) is 0 Å². The van der Waals surface area contributed by atoms with Crippen LogP contribution in [0, 0.1) is 0 Å². The van der Waals surface area contributed by atoms with Gasteiger partial charge in [0.1, 0.15) is 17.6 Å². The molecule has 24 heavy (non-hydrogen) atoms. The van der Waals surface area contributed by atoms with Crippen LogP contribution in [0.2, 0.25) is 0 Å². The second kappa shape index (κ2) is 12.1. The van der Waals surface area contributed by atoms with Crippen LogP contribution in [0.3, 0.4) is 0 Å². The summed E-state index contributed by atoms with van der Waals surface area (Å²) in [5.41, 5.74) is 5.96. The van der Waals surface area contributed by atoms with Gasteiger partial charge in [-0.15, -0.1) is 0 Å². The van der Waals surface area contributed by atoms with Gasteiger partial charge in [-0.2, -0.15) is 0 Å². The molecule has 0 saturated heterocycles. The van der Waals surface area contributed by atoms with Crippen molar-refractivity contribution in [3.8, 4) is 11.5 Å². The van der Waals surface area contributed by atoms with Crippen LogP contribution in [-0.2, 0) is 16.0 Å². The summed E-state index contributed by atoms with van der Waals surface area (Å²) in [6, 6.07) is 4.66. The molecule has 134 valence electrons. The molecule has 0 aromatic heterocycles. The van der Waals surface area contributed by atoms with Gasteiger partial charge in [0.15, 0.2) is 0 Å². The standard InChI is InChI=1S/C14H20N2O4.C3H7N/c1-9(8-19-3)20-13-5-11(4-12(17)7-13)6-14(18)16-10(2)15;1-3-4-2/h4-5,7,9,17H,6,8H2,1-3H3,(H2,15,16,18);3H,1-2H3. The molecule has 0 aliphatic rings. The topological polar surface area (TPSA) is 106 Å². The first-order chi connectivity index (χ1) is 11.3. The smallest absolute Gasteiger partial charge is 0.251 e. The van der Waals surface area contributed by atoms with Crippen LogP contribution >= 0.6 is 0 Å². The molecule has 0 aliphatic carbocycles. The second-order valence-electron chi connectivity index (χ2n) is 5.06. The lowest BCUT2D eigenvalue weighted by Crippen LogP contribution is -2.18. The molecule has 1 unspecified atom stereocenters. The predicted molar refractivity (Wildman–Crippen MR) is 96.2 cm³/mol. The van der Waals surface area contributed by atoms with Crippen molar-refractivity contribution >= 4 is 18.0 Å². The first-order valence-corrected chi connectivity index (χ1v) is 7.51. The van der Waals surface area contributed by atoms with Gasteiger partial charge in [0, 0.05) is 20.2 Å². The molecule has 0 spiro atoms. The van der Waals surface area contributed by atoms with E-state index in [0.29, 0.717) is 17.9 Å². The third-order valence-electron chi connectivity index (χ3n) is 2.60. The highest BCUT2D eigenvalue weighted by Gasteiger charge is 2.09. The number of phenolic OH excluding ortho intramolecular Hbond substituents is 1. The number of hydrogen-bond donors (Lipinski definition) is 2. The lowest BCUT2D eigenvalue weighted by Gasteiger charge is -2.14. The van der Waals surface area contributed by atoms with E-state index >= 15 is 0 Å². The Bertz CT molecular complexity index is 563. The zero-order valence-corrected chi connectivity index (χ0v) is 14.9. The Morgan fingerprint density at radius 1 is 1.42 bits per heavy atom. The van der Waals surface area contributed by atoms with Gasteiger partial charge in [-0.25, -0.2) is 4.99 Å². The number of aromatic hydroxyl groups is 1. The molecule has 1 aromatic carbocycles. The molecule has 7 heteroatoms. The van der Waals surface area contributed by atoms with Gasteiger partial charge in [0.05, 0.1) is 18.9 Å². The van der Waals surface area contributed by atoms with Crippen molar-refractivity contribution in [2.24, 2.45) is 15.7 Å². The van der Waals surface area contributed by atoms with Crippen LogP contribution in [0.5, 0.6) is 11.5 Å². The average Bonchev–Trinajstić information content (AvgIpc) is 2.46. The molecule has 3 N–H and O–H groups in total. The zero-order chi connectivity index (χ0) is 18.5. The summed E-state index contributed by atoms with van der Waals surface area (Å²) in [4.78, 5) is 18.8. The largest absolute Gasteiger partial charge is 0.508 e. The molecular weight excluding hydrogens is 310 g/mol. The second-order valence-corrected chi connectivity index (χ2v) is 5.06. The van der Waals surface area contributed by atoms with Crippen molar-refractivity contribution in [2.45, 2.75) is 33.3 Å². The Morgan fingerprint density at radius 2 is 2.04 bits per heavy atom. The minimum Gasteiger partial charge on any atom is -0.508 e. The Morgan fingerprint density at radius 3 is 2.54 bits per heavy atom. The number of phenols is 1. The molecule has 7 nitrogen and oxygen atoms in total. The van der Waals surface area contributed by atoms with Gasteiger partial charge in [-0.05, 0) is 44.7 Å². The maximum atomic E-state index is 11.6. The zero-order valence-electron chi connectivity index (χ0n) is 14.9. The third kappa shape index (κ3) is 10.3. The van der Waals surface area contributed by atoms with Gasteiger partial charge in [-0.1, -0.05) is 0 Å². The number of carbonyl (C=O) groups excluding carboxylic acids is 1. The van der Waals surface area contributed by atoms with Crippen molar-refractivity contribution in [3.05, 3.63) is 23.8 Å². The lowest BCUT2D eigenvalue weighted by atomic mass is 10.1. The van der Waals surface area contributed by atoms with Gasteiger partial charge in [-0.3, -0.25) is 4.79 Å². The number of aliphatic imine (C=N–C) groups is 2. The average molecular weight is 337 g/mol. The normalized spacial score (nSPS) is 12.5. The summed E-state index contributed by atoms with van der Waals surface area (Å²) in [5.74, 6) is 0.348. The van der Waals surface area contributed by atoms with E-state index in [9.17, 15) is 9.90 Å². The van der Waals surface area contributed by atoms with Gasteiger partial charge < -0.3 is 25.3 Å². The SMILES string of the molecule is CC=NC.COCC(C)Oc1cc(O)cc(CC(=O)N=C(C)N)c1. The number of benzene rings is 1. The number of amidine groups is 1. The predicted octanol–water partition coefficient (Wildman–Crippen LogP) is 1.96. The molecule has 1 rings (SSSR count). The quantitative estimate of drug-likeness (QED) is 0.609. The fourth-order valence-corrected chi connectivity index (χ4v) is 1.73. The molecule has 0 aliphatic heterocycles. The summed E-state index contributed by atoms with van der Waals surface area (Å²) in [6.07, 6.45) is 1.65. The molecule has 0 radical (unpaired) electrons. The fourth-order valence-electron chi connectivity index (χ4n) is 1.73. The number of ether oxygens (including phenoxy) is 2. The molecule has 0 fully saturated rings. The van der Waals surface area contributed by atoms with Crippen LogP contribution in [0.15, 0.2) is 28.2 Å². The highest BCUT2D eigenvalue weighted by molar-refractivity contribution is 5.93. The van der Waals surface area contributed by atoms with E-state index in [1.54, 1.807) is 33.4 Å². The summed E-state index contributed by atoms with van der Waals surface area (Å²) >= 11 is 0. The van der Waals surface area contributed by atoms with Crippen molar-refractivity contribution in [2.75, 3.05) is 20.8 Å². The molecule has 0 bridgehead atoms. The highest BCUT2D eigenvalue weighted by atomic mass is 16.5. The highest BCUT2D eigenvalue weighted by Crippen LogP contribution is 2.23. The molecule has 0 saturated carbocycles. The Hall–Kier alpha value is -2.41. The number of hydrogen-bond acceptors (Lipinski definition) is 5. The van der Waals surface area contributed by atoms with Crippen LogP contribution in [0.4, 0.5) is 0 Å². The molecule has 0 heterocycles. The van der Waals surface area contributed by atoms with Gasteiger partial charge in [0.2, 0.25) is 0 Å². The molecular formula is C17H27N3O4. The Kier molecular flexibility index (Phi) is 10.9. The Labute approximate surface area is 143 Å². The minimum atomic E-state index is -0.369. The third-order valence-corrected chi connectivity index (χ3v) is 2.60. The monoisotopic (exact) mass is 337 g/mol. The molecule has 1 amide bonds. The van der Waals surface area contributed by atoms with Crippen molar-refractivity contribution in [3.63, 3.8) is 0 Å². The van der Waals surface area contributed by atoms with Gasteiger partial charge in [0.25, 0.3) is 5.91 Å². The number of methoxy groups -OCH3 is 1. The van der Waals surface area contributed by atoms with Crippen molar-refractivity contribution < 1.29 is 19.4 Å². The van der Waals surface area contributed by atoms with E-state index in [1.165, 1.54) is 12.1 Å². The maximum Gasteiger partial charge on any atom is 0.251 e. The van der Waals surface area contributed by atoms with Crippen molar-refractivity contribution in [1.29, 1.82) is 0 Å². The van der Waals surface area contributed by atoms with Gasteiger partial charge >= 0.3 is 0 Å². The summed E-state index contributed by atoms with van der Waals surface area (Å²) < 4.78 is 10.6. The maximum absolute atomic E-state index is 11.6. The number of rotatable bonds is 6. The fraction of sp³-hybridized carbons (Fsp3) is 0.471. The van der Waals surface area contributed by atoms with Crippen LogP contribution in [0.1, 0.15) is 26.3 Å². The van der Waals surface area contributed by atoms with Crippen LogP contribution < -0.4 is 10.5 Å². The summed E-state index contributed by atoms with van der Waals surface area (Å²) in [6.45, 7) is 5.71. The van der Waals surface area contributed by atoms with E-state index in [2.05, 4.69) is 9.98 Å². The van der Waals surface area contributed by atoms with E-state index < -0.39 is 0 Å². The molecule has 1 atom stereocenters. The van der Waals surface area contributed by atoms with E-state index in [4.69, 9.17) is 15.2 Å². The number of nitrogens with zero attached hydrogens (tertiary/aromatic N) is 2. The first-order valence-electron chi connectivity index (χ1n) is 7.51.